The molecule has 0 amide bonds. The van der Waals surface area contributed by atoms with Gasteiger partial charge in [-0.3, -0.25) is 9.89 Å². The first kappa shape index (κ1) is 17.0. The molecule has 1 atom stereocenters. The molecular formula is C17H25BrN4. The van der Waals surface area contributed by atoms with Gasteiger partial charge in [0.25, 0.3) is 0 Å². The SMILES string of the molecule is C=CCNC(=NC)N1CCN(C(C)c2ccc(Br)cc2)CC1. The molecule has 0 aromatic heterocycles. The third kappa shape index (κ3) is 4.34. The fourth-order valence-corrected chi connectivity index (χ4v) is 3.03. The molecule has 0 saturated carbocycles. The molecule has 0 bridgehead atoms. The molecule has 1 aromatic rings. The summed E-state index contributed by atoms with van der Waals surface area (Å²) in [6.45, 7) is 10.9. The van der Waals surface area contributed by atoms with Crippen molar-refractivity contribution in [1.29, 1.82) is 0 Å². The first-order valence-corrected chi connectivity index (χ1v) is 8.51. The maximum atomic E-state index is 4.35. The van der Waals surface area contributed by atoms with E-state index >= 15 is 0 Å². The number of halogens is 1. The number of rotatable bonds is 4. The zero-order valence-electron chi connectivity index (χ0n) is 13.4. The van der Waals surface area contributed by atoms with Crippen molar-refractivity contribution < 1.29 is 0 Å². The molecule has 2 rings (SSSR count). The topological polar surface area (TPSA) is 30.9 Å². The van der Waals surface area contributed by atoms with Gasteiger partial charge in [0.2, 0.25) is 0 Å². The van der Waals surface area contributed by atoms with E-state index in [0.717, 1.165) is 43.2 Å². The van der Waals surface area contributed by atoms with E-state index in [-0.39, 0.29) is 0 Å². The highest BCUT2D eigenvalue weighted by Gasteiger charge is 2.23. The lowest BCUT2D eigenvalue weighted by molar-refractivity contribution is 0.138. The lowest BCUT2D eigenvalue weighted by Gasteiger charge is -2.39. The van der Waals surface area contributed by atoms with Crippen LogP contribution < -0.4 is 5.32 Å². The van der Waals surface area contributed by atoms with Crippen molar-refractivity contribution in [2.45, 2.75) is 13.0 Å². The summed E-state index contributed by atoms with van der Waals surface area (Å²) in [7, 11) is 1.84. The second-order valence-corrected chi connectivity index (χ2v) is 6.38. The molecule has 120 valence electrons. The van der Waals surface area contributed by atoms with E-state index in [1.807, 2.05) is 13.1 Å². The second-order valence-electron chi connectivity index (χ2n) is 5.47. The number of nitrogens with zero attached hydrogens (tertiary/aromatic N) is 3. The molecule has 1 aromatic carbocycles. The van der Waals surface area contributed by atoms with Crippen LogP contribution in [-0.2, 0) is 0 Å². The number of hydrogen-bond acceptors (Lipinski definition) is 2. The van der Waals surface area contributed by atoms with Gasteiger partial charge in [-0.05, 0) is 24.6 Å². The minimum Gasteiger partial charge on any atom is -0.353 e. The van der Waals surface area contributed by atoms with Gasteiger partial charge in [0.1, 0.15) is 0 Å². The van der Waals surface area contributed by atoms with Crippen molar-refractivity contribution in [2.24, 2.45) is 4.99 Å². The van der Waals surface area contributed by atoms with Crippen LogP contribution in [0.25, 0.3) is 0 Å². The predicted molar refractivity (Wildman–Crippen MR) is 97.3 cm³/mol. The third-order valence-electron chi connectivity index (χ3n) is 4.13. The van der Waals surface area contributed by atoms with E-state index in [2.05, 4.69) is 73.8 Å². The highest BCUT2D eigenvalue weighted by atomic mass is 79.9. The molecule has 22 heavy (non-hydrogen) atoms. The number of benzene rings is 1. The summed E-state index contributed by atoms with van der Waals surface area (Å²) in [5.41, 5.74) is 1.37. The van der Waals surface area contributed by atoms with Crippen LogP contribution in [0.4, 0.5) is 0 Å². The Kier molecular flexibility index (Phi) is 6.46. The maximum Gasteiger partial charge on any atom is 0.193 e. The van der Waals surface area contributed by atoms with Crippen molar-refractivity contribution >= 4 is 21.9 Å². The average molecular weight is 365 g/mol. The van der Waals surface area contributed by atoms with Crippen molar-refractivity contribution in [2.75, 3.05) is 39.8 Å². The molecule has 1 unspecified atom stereocenters. The Balaban J connectivity index is 1.91. The highest BCUT2D eigenvalue weighted by molar-refractivity contribution is 9.10. The summed E-state index contributed by atoms with van der Waals surface area (Å²) in [6, 6.07) is 9.07. The number of guanidine groups is 1. The van der Waals surface area contributed by atoms with Crippen LogP contribution in [0.1, 0.15) is 18.5 Å². The third-order valence-corrected chi connectivity index (χ3v) is 4.66. The molecule has 1 fully saturated rings. The van der Waals surface area contributed by atoms with Crippen LogP contribution in [0.5, 0.6) is 0 Å². The van der Waals surface area contributed by atoms with Crippen molar-refractivity contribution in [3.8, 4) is 0 Å². The van der Waals surface area contributed by atoms with Crippen LogP contribution in [0.3, 0.4) is 0 Å². The van der Waals surface area contributed by atoms with Gasteiger partial charge in [-0.2, -0.15) is 0 Å². The zero-order valence-corrected chi connectivity index (χ0v) is 15.0. The van der Waals surface area contributed by atoms with E-state index < -0.39 is 0 Å². The number of hydrogen-bond donors (Lipinski definition) is 1. The molecular weight excluding hydrogens is 340 g/mol. The van der Waals surface area contributed by atoms with Gasteiger partial charge in [0.05, 0.1) is 0 Å². The summed E-state index contributed by atoms with van der Waals surface area (Å²) in [6.07, 6.45) is 1.86. The summed E-state index contributed by atoms with van der Waals surface area (Å²) in [5.74, 6) is 0.968. The number of aliphatic imine (C=N–C) groups is 1. The standard InChI is InChI=1S/C17H25BrN4/c1-4-9-20-17(19-3)22-12-10-21(11-13-22)14(2)15-5-7-16(18)8-6-15/h4-8,14H,1,9-13H2,2-3H3,(H,19,20). The Hall–Kier alpha value is -1.33. The van der Waals surface area contributed by atoms with E-state index in [1.165, 1.54) is 5.56 Å². The largest absolute Gasteiger partial charge is 0.353 e. The lowest BCUT2D eigenvalue weighted by Crippen LogP contribution is -2.52. The smallest absolute Gasteiger partial charge is 0.193 e. The molecule has 0 aliphatic carbocycles. The van der Waals surface area contributed by atoms with Gasteiger partial charge in [-0.15, -0.1) is 6.58 Å². The molecule has 5 heteroatoms. The van der Waals surface area contributed by atoms with E-state index in [0.29, 0.717) is 6.04 Å². The summed E-state index contributed by atoms with van der Waals surface area (Å²) < 4.78 is 1.13. The van der Waals surface area contributed by atoms with Gasteiger partial charge < -0.3 is 10.2 Å². The van der Waals surface area contributed by atoms with Crippen molar-refractivity contribution in [1.82, 2.24) is 15.1 Å². The van der Waals surface area contributed by atoms with E-state index in [1.54, 1.807) is 0 Å². The van der Waals surface area contributed by atoms with Crippen molar-refractivity contribution in [3.05, 3.63) is 47.0 Å². The van der Waals surface area contributed by atoms with Crippen LogP contribution in [0, 0.1) is 0 Å². The molecule has 4 nitrogen and oxygen atoms in total. The average Bonchev–Trinajstić information content (AvgIpc) is 2.56. The molecule has 0 spiro atoms. The summed E-state index contributed by atoms with van der Waals surface area (Å²) in [4.78, 5) is 9.19. The molecule has 0 radical (unpaired) electrons. The summed E-state index contributed by atoms with van der Waals surface area (Å²) in [5, 5.41) is 3.30. The van der Waals surface area contributed by atoms with Crippen molar-refractivity contribution in [3.63, 3.8) is 0 Å². The fraction of sp³-hybridized carbons (Fsp3) is 0.471. The van der Waals surface area contributed by atoms with Crippen LogP contribution in [-0.4, -0.2) is 55.5 Å². The first-order valence-electron chi connectivity index (χ1n) is 7.71. The van der Waals surface area contributed by atoms with E-state index in [4.69, 9.17) is 0 Å². The first-order chi connectivity index (χ1) is 10.7. The Morgan fingerprint density at radius 2 is 1.95 bits per heavy atom. The molecule has 1 aliphatic rings. The van der Waals surface area contributed by atoms with E-state index in [9.17, 15) is 0 Å². The normalized spacial score (nSPS) is 18.1. The minimum absolute atomic E-state index is 0.443. The molecule has 1 heterocycles. The fourth-order valence-electron chi connectivity index (χ4n) is 2.77. The highest BCUT2D eigenvalue weighted by Crippen LogP contribution is 2.23. The second kappa shape index (κ2) is 8.34. The lowest BCUT2D eigenvalue weighted by atomic mass is 10.1. The summed E-state index contributed by atoms with van der Waals surface area (Å²) >= 11 is 3.50. The monoisotopic (exact) mass is 364 g/mol. The van der Waals surface area contributed by atoms with Gasteiger partial charge in [0.15, 0.2) is 5.96 Å². The zero-order chi connectivity index (χ0) is 15.9. The molecule has 1 saturated heterocycles. The Bertz CT molecular complexity index is 504. The Morgan fingerprint density at radius 1 is 1.32 bits per heavy atom. The van der Waals surface area contributed by atoms with Gasteiger partial charge in [0, 0.05) is 50.3 Å². The Labute approximate surface area is 142 Å². The predicted octanol–water partition coefficient (Wildman–Crippen LogP) is 2.89. The Morgan fingerprint density at radius 3 is 2.50 bits per heavy atom. The minimum atomic E-state index is 0.443. The van der Waals surface area contributed by atoms with Crippen LogP contribution in [0.2, 0.25) is 0 Å². The van der Waals surface area contributed by atoms with Gasteiger partial charge >= 0.3 is 0 Å². The molecule has 1 aliphatic heterocycles. The number of piperazine rings is 1. The van der Waals surface area contributed by atoms with Gasteiger partial charge in [-0.1, -0.05) is 34.1 Å². The maximum absolute atomic E-state index is 4.35. The number of nitrogens with one attached hydrogen (secondary N) is 1. The molecule has 1 N–H and O–H groups in total. The quantitative estimate of drug-likeness (QED) is 0.506. The van der Waals surface area contributed by atoms with Crippen LogP contribution in [0.15, 0.2) is 46.4 Å². The van der Waals surface area contributed by atoms with Crippen LogP contribution >= 0.6 is 15.9 Å². The van der Waals surface area contributed by atoms with Gasteiger partial charge in [-0.25, -0.2) is 0 Å².